The lowest BCUT2D eigenvalue weighted by molar-refractivity contribution is 0.0927. The lowest BCUT2D eigenvalue weighted by Gasteiger charge is -2.23. The second-order valence-corrected chi connectivity index (χ2v) is 6.78. The van der Waals surface area contributed by atoms with Gasteiger partial charge in [-0.15, -0.1) is 0 Å². The molecule has 1 amide bonds. The largest absolute Gasteiger partial charge is 0.360 e. The molecule has 1 N–H and O–H groups in total. The van der Waals surface area contributed by atoms with E-state index in [1.54, 1.807) is 0 Å². The van der Waals surface area contributed by atoms with Crippen molar-refractivity contribution in [2.75, 3.05) is 13.1 Å². The van der Waals surface area contributed by atoms with Crippen molar-refractivity contribution in [3.63, 3.8) is 0 Å². The zero-order valence-electron chi connectivity index (χ0n) is 12.4. The Balaban J connectivity index is 1.31. The fourth-order valence-electron chi connectivity index (χ4n) is 3.72. The molecule has 2 saturated carbocycles. The number of nitrogens with one attached hydrogen (secondary N) is 1. The molecule has 114 valence electrons. The topological polar surface area (TPSA) is 58.4 Å². The van der Waals surface area contributed by atoms with Crippen molar-refractivity contribution in [2.45, 2.75) is 62.9 Å². The van der Waals surface area contributed by atoms with Crippen molar-refractivity contribution in [2.24, 2.45) is 0 Å². The molecular formula is C16H23N3O2. The smallest absolute Gasteiger partial charge is 0.273 e. The average Bonchev–Trinajstić information content (AvgIpc) is 2.95. The second kappa shape index (κ2) is 5.44. The maximum atomic E-state index is 12.2. The second-order valence-electron chi connectivity index (χ2n) is 6.78. The summed E-state index contributed by atoms with van der Waals surface area (Å²) in [6.07, 6.45) is 8.76. The molecule has 1 atom stereocenters. The highest BCUT2D eigenvalue weighted by atomic mass is 16.5. The fourth-order valence-corrected chi connectivity index (χ4v) is 3.72. The van der Waals surface area contributed by atoms with Gasteiger partial charge in [0.15, 0.2) is 5.69 Å². The first-order valence-electron chi connectivity index (χ1n) is 8.31. The third-order valence-corrected chi connectivity index (χ3v) is 5.14. The van der Waals surface area contributed by atoms with E-state index in [0.29, 0.717) is 11.6 Å². The normalized spacial score (nSPS) is 27.3. The molecule has 1 unspecified atom stereocenters. The monoisotopic (exact) mass is 289 g/mol. The van der Waals surface area contributed by atoms with Crippen molar-refractivity contribution in [1.82, 2.24) is 15.4 Å². The fraction of sp³-hybridized carbons (Fsp3) is 0.750. The number of aromatic nitrogens is 1. The minimum Gasteiger partial charge on any atom is -0.360 e. The van der Waals surface area contributed by atoms with Gasteiger partial charge in [0.25, 0.3) is 5.91 Å². The third-order valence-electron chi connectivity index (χ3n) is 5.14. The lowest BCUT2D eigenvalue weighted by Crippen LogP contribution is -2.39. The Labute approximate surface area is 125 Å². The molecule has 1 saturated heterocycles. The number of hydrogen-bond donors (Lipinski definition) is 1. The highest BCUT2D eigenvalue weighted by Crippen LogP contribution is 2.40. The molecule has 2 aliphatic carbocycles. The van der Waals surface area contributed by atoms with Gasteiger partial charge in [-0.3, -0.25) is 9.69 Å². The summed E-state index contributed by atoms with van der Waals surface area (Å²) in [5.74, 6) is 1.30. The van der Waals surface area contributed by atoms with Crippen LogP contribution in [-0.2, 0) is 0 Å². The van der Waals surface area contributed by atoms with Crippen molar-refractivity contribution >= 4 is 5.91 Å². The molecular weight excluding hydrogens is 266 g/mol. The van der Waals surface area contributed by atoms with Crippen LogP contribution >= 0.6 is 0 Å². The van der Waals surface area contributed by atoms with E-state index in [-0.39, 0.29) is 11.9 Å². The number of carbonyl (C=O) groups is 1. The third kappa shape index (κ3) is 2.84. The molecule has 5 heteroatoms. The van der Waals surface area contributed by atoms with Crippen LogP contribution in [0, 0.1) is 0 Å². The summed E-state index contributed by atoms with van der Waals surface area (Å²) in [5.41, 5.74) is 0.441. The minimum absolute atomic E-state index is 0.0797. The highest BCUT2D eigenvalue weighted by molar-refractivity contribution is 5.92. The maximum absolute atomic E-state index is 12.2. The summed E-state index contributed by atoms with van der Waals surface area (Å²) < 4.78 is 5.26. The van der Waals surface area contributed by atoms with Gasteiger partial charge in [0.1, 0.15) is 5.76 Å². The van der Waals surface area contributed by atoms with E-state index in [1.165, 1.54) is 25.7 Å². The Hall–Kier alpha value is -1.36. The predicted octanol–water partition coefficient (Wildman–Crippen LogP) is 2.30. The van der Waals surface area contributed by atoms with Gasteiger partial charge >= 0.3 is 0 Å². The van der Waals surface area contributed by atoms with Crippen LogP contribution in [0.4, 0.5) is 0 Å². The van der Waals surface area contributed by atoms with Crippen molar-refractivity contribution in [3.05, 3.63) is 17.5 Å². The summed E-state index contributed by atoms with van der Waals surface area (Å²) in [4.78, 5) is 14.8. The lowest BCUT2D eigenvalue weighted by atomic mass is 10.2. The van der Waals surface area contributed by atoms with Crippen LogP contribution in [0.3, 0.4) is 0 Å². The van der Waals surface area contributed by atoms with Crippen molar-refractivity contribution < 1.29 is 9.32 Å². The molecule has 5 nitrogen and oxygen atoms in total. The molecule has 1 aromatic rings. The molecule has 1 aromatic heterocycles. The van der Waals surface area contributed by atoms with E-state index in [0.717, 1.165) is 44.2 Å². The van der Waals surface area contributed by atoms with Crippen LogP contribution < -0.4 is 5.32 Å². The van der Waals surface area contributed by atoms with Crippen LogP contribution in [0.1, 0.15) is 67.1 Å². The van der Waals surface area contributed by atoms with Crippen LogP contribution in [0.15, 0.2) is 10.6 Å². The predicted molar refractivity (Wildman–Crippen MR) is 78.2 cm³/mol. The van der Waals surface area contributed by atoms with Gasteiger partial charge in [0.2, 0.25) is 0 Å². The molecule has 3 fully saturated rings. The first kappa shape index (κ1) is 13.3. The summed E-state index contributed by atoms with van der Waals surface area (Å²) >= 11 is 0. The maximum Gasteiger partial charge on any atom is 0.273 e. The SMILES string of the molecule is O=C(NC1CCN(C2CCCC2)C1)c1cc(C2CC2)on1. The van der Waals surface area contributed by atoms with Gasteiger partial charge in [-0.05, 0) is 32.1 Å². The van der Waals surface area contributed by atoms with E-state index >= 15 is 0 Å². The first-order chi connectivity index (χ1) is 10.3. The molecule has 0 radical (unpaired) electrons. The Bertz CT molecular complexity index is 517. The molecule has 1 aliphatic heterocycles. The molecule has 2 heterocycles. The number of likely N-dealkylation sites (tertiary alicyclic amines) is 1. The Morgan fingerprint density at radius 1 is 1.24 bits per heavy atom. The van der Waals surface area contributed by atoms with Crippen molar-refractivity contribution in [1.29, 1.82) is 0 Å². The Kier molecular flexibility index (Phi) is 3.45. The van der Waals surface area contributed by atoms with Crippen LogP contribution in [0.25, 0.3) is 0 Å². The standard InChI is InChI=1S/C16H23N3O2/c20-16(14-9-15(21-18-14)11-5-6-11)17-12-7-8-19(10-12)13-3-1-2-4-13/h9,11-13H,1-8,10H2,(H,17,20). The summed E-state index contributed by atoms with van der Waals surface area (Å²) in [5, 5.41) is 7.03. The first-order valence-corrected chi connectivity index (χ1v) is 8.31. The molecule has 21 heavy (non-hydrogen) atoms. The number of nitrogens with zero attached hydrogens (tertiary/aromatic N) is 2. The van der Waals surface area contributed by atoms with Gasteiger partial charge in [0.05, 0.1) is 0 Å². The molecule has 3 aliphatic rings. The summed E-state index contributed by atoms with van der Waals surface area (Å²) in [7, 11) is 0. The Morgan fingerprint density at radius 2 is 2.05 bits per heavy atom. The number of carbonyl (C=O) groups excluding carboxylic acids is 1. The van der Waals surface area contributed by atoms with Crippen LogP contribution in [0.2, 0.25) is 0 Å². The molecule has 0 aromatic carbocycles. The van der Waals surface area contributed by atoms with E-state index < -0.39 is 0 Å². The van der Waals surface area contributed by atoms with Gasteiger partial charge in [-0.2, -0.15) is 0 Å². The molecule has 0 spiro atoms. The van der Waals surface area contributed by atoms with E-state index in [1.807, 2.05) is 6.07 Å². The quantitative estimate of drug-likeness (QED) is 0.924. The van der Waals surface area contributed by atoms with Gasteiger partial charge in [-0.1, -0.05) is 18.0 Å². The van der Waals surface area contributed by atoms with Gasteiger partial charge < -0.3 is 9.84 Å². The van der Waals surface area contributed by atoms with E-state index in [2.05, 4.69) is 15.4 Å². The van der Waals surface area contributed by atoms with Gasteiger partial charge in [-0.25, -0.2) is 0 Å². The number of rotatable bonds is 4. The highest BCUT2D eigenvalue weighted by Gasteiger charge is 2.32. The Morgan fingerprint density at radius 3 is 2.81 bits per heavy atom. The molecule has 4 rings (SSSR count). The van der Waals surface area contributed by atoms with E-state index in [9.17, 15) is 4.79 Å². The summed E-state index contributed by atoms with van der Waals surface area (Å²) in [6, 6.07) is 2.83. The minimum atomic E-state index is -0.0797. The molecule has 0 bridgehead atoms. The van der Waals surface area contributed by atoms with Crippen LogP contribution in [-0.4, -0.2) is 41.1 Å². The van der Waals surface area contributed by atoms with Gasteiger partial charge in [0, 0.05) is 37.2 Å². The van der Waals surface area contributed by atoms with Crippen LogP contribution in [0.5, 0.6) is 0 Å². The van der Waals surface area contributed by atoms with Crippen molar-refractivity contribution in [3.8, 4) is 0 Å². The zero-order chi connectivity index (χ0) is 14.2. The summed E-state index contributed by atoms with van der Waals surface area (Å²) in [6.45, 7) is 2.10. The zero-order valence-corrected chi connectivity index (χ0v) is 12.4. The number of amides is 1. The average molecular weight is 289 g/mol. The number of hydrogen-bond acceptors (Lipinski definition) is 4. The van der Waals surface area contributed by atoms with E-state index in [4.69, 9.17) is 4.52 Å².